The maximum absolute atomic E-state index is 13.1. The Hall–Kier alpha value is -1.66. The van der Waals surface area contributed by atoms with E-state index in [1.54, 1.807) is 0 Å². The number of hydrogen-bond acceptors (Lipinski definition) is 6. The number of rotatable bonds is 7. The lowest BCUT2D eigenvalue weighted by Crippen LogP contribution is -2.44. The van der Waals surface area contributed by atoms with Crippen LogP contribution in [0.2, 0.25) is 0 Å². The van der Waals surface area contributed by atoms with Crippen LogP contribution in [0.4, 0.5) is 0 Å². The molecule has 0 saturated carbocycles. The normalized spacial score (nSPS) is 36.0. The molecule has 1 aliphatic heterocycles. The van der Waals surface area contributed by atoms with Gasteiger partial charge in [0.05, 0.1) is 17.9 Å². The number of esters is 2. The average molecular weight is 449 g/mol. The number of carbonyl (C=O) groups excluding carboxylic acids is 2. The Labute approximate surface area is 192 Å². The van der Waals surface area contributed by atoms with E-state index in [9.17, 15) is 19.8 Å². The predicted octanol–water partition coefficient (Wildman–Crippen LogP) is 3.80. The molecule has 0 amide bonds. The molecule has 0 aromatic carbocycles. The van der Waals surface area contributed by atoms with Gasteiger partial charge in [-0.15, -0.1) is 0 Å². The summed E-state index contributed by atoms with van der Waals surface area (Å²) in [5.41, 5.74) is 0.454. The molecular formula is C26H40O6. The number of hydrogen-bond donors (Lipinski definition) is 2. The van der Waals surface area contributed by atoms with Crippen LogP contribution in [0.25, 0.3) is 0 Å². The molecule has 180 valence electrons. The maximum atomic E-state index is 13.1. The Morgan fingerprint density at radius 2 is 2.00 bits per heavy atom. The summed E-state index contributed by atoms with van der Waals surface area (Å²) in [6, 6.07) is 0. The van der Waals surface area contributed by atoms with Gasteiger partial charge in [0.15, 0.2) is 0 Å². The molecule has 0 aromatic heterocycles. The summed E-state index contributed by atoms with van der Waals surface area (Å²) in [6.07, 6.45) is 8.44. The molecule has 0 bridgehead atoms. The predicted molar refractivity (Wildman–Crippen MR) is 121 cm³/mol. The lowest BCUT2D eigenvalue weighted by Gasteiger charge is -2.44. The Kier molecular flexibility index (Phi) is 7.87. The molecule has 2 N–H and O–H groups in total. The quantitative estimate of drug-likeness (QED) is 0.576. The van der Waals surface area contributed by atoms with Crippen molar-refractivity contribution in [3.63, 3.8) is 0 Å². The highest BCUT2D eigenvalue weighted by atomic mass is 16.6. The van der Waals surface area contributed by atoms with E-state index in [1.807, 2.05) is 20.8 Å². The molecule has 0 aromatic rings. The number of ether oxygens (including phenoxy) is 2. The van der Waals surface area contributed by atoms with E-state index < -0.39 is 11.5 Å². The number of cyclic esters (lactones) is 1. The molecule has 1 fully saturated rings. The van der Waals surface area contributed by atoms with Gasteiger partial charge >= 0.3 is 11.9 Å². The zero-order valence-corrected chi connectivity index (χ0v) is 20.1. The zero-order valence-electron chi connectivity index (χ0n) is 20.1. The summed E-state index contributed by atoms with van der Waals surface area (Å²) in [7, 11) is 0. The van der Waals surface area contributed by atoms with Crippen LogP contribution in [-0.2, 0) is 19.1 Å². The number of allylic oxidation sites excluding steroid dienone is 3. The maximum Gasteiger partial charge on any atom is 0.312 e. The fourth-order valence-corrected chi connectivity index (χ4v) is 5.36. The molecular weight excluding hydrogens is 408 g/mol. The van der Waals surface area contributed by atoms with Crippen molar-refractivity contribution in [2.24, 2.45) is 35.0 Å². The van der Waals surface area contributed by atoms with Gasteiger partial charge in [-0.25, -0.2) is 0 Å². The standard InChI is InChI=1S/C26H40O6/c1-15-10-18-7-6-16(2)21(9-8-20-12-19(28)13-23(29)31-20)24(18)22(11-15)32-25(30)26(4,5)17(3)14-27/h6-7,10,15-17,19-22,24,27-28H,8-9,11-14H2,1-5H3/t15-,16-,17?,19+,20-,21-,22-,24-/m1/s1. The Morgan fingerprint density at radius 1 is 1.28 bits per heavy atom. The minimum absolute atomic E-state index is 0.0634. The van der Waals surface area contributed by atoms with Crippen molar-refractivity contribution in [1.82, 2.24) is 0 Å². The average Bonchev–Trinajstić information content (AvgIpc) is 2.71. The monoisotopic (exact) mass is 448 g/mol. The second-order valence-electron chi connectivity index (χ2n) is 10.8. The van der Waals surface area contributed by atoms with E-state index in [0.29, 0.717) is 24.7 Å². The smallest absolute Gasteiger partial charge is 0.312 e. The first-order valence-corrected chi connectivity index (χ1v) is 12.1. The van der Waals surface area contributed by atoms with E-state index in [1.165, 1.54) is 5.57 Å². The highest BCUT2D eigenvalue weighted by molar-refractivity contribution is 5.76. The van der Waals surface area contributed by atoms with Crippen LogP contribution in [0.15, 0.2) is 23.8 Å². The first-order chi connectivity index (χ1) is 15.0. The largest absolute Gasteiger partial charge is 0.462 e. The van der Waals surface area contributed by atoms with Crippen molar-refractivity contribution < 1.29 is 29.3 Å². The topological polar surface area (TPSA) is 93.1 Å². The van der Waals surface area contributed by atoms with E-state index in [2.05, 4.69) is 32.1 Å². The number of carbonyl (C=O) groups is 2. The highest BCUT2D eigenvalue weighted by Gasteiger charge is 2.44. The second kappa shape index (κ2) is 10.1. The van der Waals surface area contributed by atoms with Gasteiger partial charge in [-0.2, -0.15) is 0 Å². The van der Waals surface area contributed by atoms with Crippen molar-refractivity contribution in [2.45, 2.75) is 85.0 Å². The van der Waals surface area contributed by atoms with Crippen molar-refractivity contribution in [2.75, 3.05) is 6.61 Å². The minimum atomic E-state index is -0.766. The van der Waals surface area contributed by atoms with Crippen LogP contribution in [0.3, 0.4) is 0 Å². The summed E-state index contributed by atoms with van der Waals surface area (Å²) in [6.45, 7) is 9.81. The minimum Gasteiger partial charge on any atom is -0.462 e. The SMILES string of the molecule is CC(CO)C(C)(C)C(=O)O[C@@H]1C[C@H](C)C=C2C=C[C@@H](C)[C@@H](CC[C@@H]3C[C@H](O)CC(=O)O3)[C@@H]21. The first-order valence-electron chi connectivity index (χ1n) is 12.1. The van der Waals surface area contributed by atoms with Crippen molar-refractivity contribution in [3.05, 3.63) is 23.8 Å². The highest BCUT2D eigenvalue weighted by Crippen LogP contribution is 2.46. The molecule has 1 unspecified atom stereocenters. The summed E-state index contributed by atoms with van der Waals surface area (Å²) in [5.74, 6) is 0.185. The third-order valence-corrected chi connectivity index (χ3v) is 7.94. The molecule has 6 nitrogen and oxygen atoms in total. The summed E-state index contributed by atoms with van der Waals surface area (Å²) >= 11 is 0. The van der Waals surface area contributed by atoms with E-state index in [4.69, 9.17) is 9.47 Å². The molecule has 1 heterocycles. The van der Waals surface area contributed by atoms with Gasteiger partial charge in [0, 0.05) is 18.9 Å². The Morgan fingerprint density at radius 3 is 2.66 bits per heavy atom. The van der Waals surface area contributed by atoms with E-state index >= 15 is 0 Å². The van der Waals surface area contributed by atoms with Crippen LogP contribution >= 0.6 is 0 Å². The first kappa shape index (κ1) is 25.0. The lowest BCUT2D eigenvalue weighted by atomic mass is 9.65. The summed E-state index contributed by atoms with van der Waals surface area (Å²) in [5, 5.41) is 19.5. The lowest BCUT2D eigenvalue weighted by molar-refractivity contribution is -0.169. The molecule has 2 aliphatic carbocycles. The second-order valence-corrected chi connectivity index (χ2v) is 10.8. The fourth-order valence-electron chi connectivity index (χ4n) is 5.36. The zero-order chi connectivity index (χ0) is 23.6. The van der Waals surface area contributed by atoms with Gasteiger partial charge < -0.3 is 19.7 Å². The molecule has 3 rings (SSSR count). The third kappa shape index (κ3) is 5.45. The van der Waals surface area contributed by atoms with Crippen LogP contribution in [0.1, 0.15) is 66.7 Å². The summed E-state index contributed by atoms with van der Waals surface area (Å²) < 4.78 is 11.6. The molecule has 1 saturated heterocycles. The fraction of sp³-hybridized carbons (Fsp3) is 0.769. The van der Waals surface area contributed by atoms with Crippen LogP contribution < -0.4 is 0 Å². The molecule has 0 radical (unpaired) electrons. The van der Waals surface area contributed by atoms with Crippen LogP contribution in [0.5, 0.6) is 0 Å². The Balaban J connectivity index is 1.77. The van der Waals surface area contributed by atoms with Gasteiger partial charge in [-0.05, 0) is 62.4 Å². The van der Waals surface area contributed by atoms with Gasteiger partial charge in [0.2, 0.25) is 0 Å². The van der Waals surface area contributed by atoms with E-state index in [-0.39, 0.29) is 54.9 Å². The van der Waals surface area contributed by atoms with Gasteiger partial charge in [-0.1, -0.05) is 39.0 Å². The molecule has 3 aliphatic rings. The van der Waals surface area contributed by atoms with Gasteiger partial charge in [0.1, 0.15) is 12.2 Å². The van der Waals surface area contributed by atoms with Crippen molar-refractivity contribution in [3.8, 4) is 0 Å². The molecule has 0 spiro atoms. The Bertz CT molecular complexity index is 753. The van der Waals surface area contributed by atoms with Gasteiger partial charge in [0.25, 0.3) is 0 Å². The van der Waals surface area contributed by atoms with Crippen molar-refractivity contribution in [1.29, 1.82) is 0 Å². The molecule has 8 atom stereocenters. The third-order valence-electron chi connectivity index (χ3n) is 7.94. The van der Waals surface area contributed by atoms with Crippen LogP contribution in [0, 0.1) is 35.0 Å². The molecule has 32 heavy (non-hydrogen) atoms. The number of fused-ring (bicyclic) bond motifs is 1. The summed E-state index contributed by atoms with van der Waals surface area (Å²) in [4.78, 5) is 24.9. The molecule has 6 heteroatoms. The van der Waals surface area contributed by atoms with Gasteiger partial charge in [-0.3, -0.25) is 9.59 Å². The van der Waals surface area contributed by atoms with Crippen LogP contribution in [-0.4, -0.2) is 47.1 Å². The number of aliphatic hydroxyl groups is 2. The number of aliphatic hydroxyl groups excluding tert-OH is 2. The van der Waals surface area contributed by atoms with Crippen molar-refractivity contribution >= 4 is 11.9 Å². The van der Waals surface area contributed by atoms with E-state index in [0.717, 1.165) is 12.8 Å².